The second-order valence-corrected chi connectivity index (χ2v) is 3.81. The number of aliphatic hydroxyl groups is 1. The molecule has 0 aromatic carbocycles. The smallest absolute Gasteiger partial charge is 0.294 e. The molecule has 0 spiro atoms. The first kappa shape index (κ1) is 17.9. The molecule has 1 unspecified atom stereocenters. The second-order valence-electron chi connectivity index (χ2n) is 3.81. The maximum Gasteiger partial charge on any atom is 0.294 e. The molecule has 0 saturated carbocycles. The van der Waals surface area contributed by atoms with E-state index in [1.54, 1.807) is 12.3 Å². The highest BCUT2D eigenvalue weighted by atomic mass is 16.6. The third-order valence-corrected chi connectivity index (χ3v) is 2.73. The zero-order chi connectivity index (χ0) is 15.5. The average molecular weight is 280 g/mol. The summed E-state index contributed by atoms with van der Waals surface area (Å²) in [6.07, 6.45) is 6.27. The van der Waals surface area contributed by atoms with Gasteiger partial charge in [-0.2, -0.15) is 0 Å². The minimum absolute atomic E-state index is 0.0325. The average Bonchev–Trinajstić information content (AvgIpc) is 2.52. The van der Waals surface area contributed by atoms with Gasteiger partial charge in [-0.3, -0.25) is 15.1 Å². The molecule has 1 aliphatic carbocycles. The highest BCUT2D eigenvalue weighted by molar-refractivity contribution is 5.72. The summed E-state index contributed by atoms with van der Waals surface area (Å²) < 4.78 is 0. The highest BCUT2D eigenvalue weighted by Crippen LogP contribution is 2.31. The van der Waals surface area contributed by atoms with E-state index in [0.717, 1.165) is 5.57 Å². The van der Waals surface area contributed by atoms with E-state index in [-0.39, 0.29) is 11.8 Å². The lowest BCUT2D eigenvalue weighted by Crippen LogP contribution is -2.10. The third-order valence-electron chi connectivity index (χ3n) is 2.73. The molecule has 6 nitrogen and oxygen atoms in total. The molecule has 0 radical (unpaired) electrons. The fourth-order valence-electron chi connectivity index (χ4n) is 1.87. The van der Waals surface area contributed by atoms with Crippen molar-refractivity contribution in [3.05, 3.63) is 40.2 Å². The molecule has 20 heavy (non-hydrogen) atoms. The molecule has 1 atom stereocenters. The fraction of sp³-hybridized carbons (Fsp3) is 0.429. The number of aromatic nitrogens is 1. The van der Waals surface area contributed by atoms with Crippen LogP contribution in [-0.4, -0.2) is 27.9 Å². The van der Waals surface area contributed by atoms with Crippen LogP contribution in [0.4, 0.5) is 5.69 Å². The molecule has 110 valence electrons. The van der Waals surface area contributed by atoms with E-state index >= 15 is 0 Å². The molecule has 1 N–H and O–H groups in total. The molecule has 0 fully saturated rings. The van der Waals surface area contributed by atoms with Crippen molar-refractivity contribution in [1.29, 1.82) is 0 Å². The maximum atomic E-state index is 10.8. The second kappa shape index (κ2) is 9.80. The van der Waals surface area contributed by atoms with Gasteiger partial charge in [0.05, 0.1) is 16.6 Å². The molecule has 0 aliphatic heterocycles. The van der Waals surface area contributed by atoms with E-state index in [4.69, 9.17) is 4.79 Å². The molecular weight excluding hydrogens is 260 g/mol. The summed E-state index contributed by atoms with van der Waals surface area (Å²) in [7, 11) is 0. The van der Waals surface area contributed by atoms with Gasteiger partial charge in [0.1, 0.15) is 13.0 Å². The summed E-state index contributed by atoms with van der Waals surface area (Å²) in [5, 5.41) is 20.2. The lowest BCUT2D eigenvalue weighted by Gasteiger charge is -2.17. The first-order chi connectivity index (χ1) is 9.68. The van der Waals surface area contributed by atoms with Gasteiger partial charge in [0.25, 0.3) is 5.69 Å². The lowest BCUT2D eigenvalue weighted by atomic mass is 9.92. The van der Waals surface area contributed by atoms with Crippen molar-refractivity contribution in [1.82, 2.24) is 4.98 Å². The number of rotatable bonds is 2. The van der Waals surface area contributed by atoms with Gasteiger partial charge in [-0.1, -0.05) is 19.9 Å². The van der Waals surface area contributed by atoms with E-state index < -0.39 is 4.92 Å². The Bertz CT molecular complexity index is 460. The quantitative estimate of drug-likeness (QED) is 0.664. The zero-order valence-electron chi connectivity index (χ0n) is 11.8. The standard InChI is InChI=1S/C11H12N2O3.C2H6.CH2O/c14-9-3-1-8(2-4-9)10-5-6-12-7-11(10)13(15)16;2*1-2/h1,5-7,9,14H,2-4H2;1-2H3;1H2. The first-order valence-electron chi connectivity index (χ1n) is 6.43. The SMILES string of the molecule is C=O.CC.O=[N+]([O-])c1cnccc1C1=CCC(O)CC1. The van der Waals surface area contributed by atoms with Gasteiger partial charge in [-0.25, -0.2) is 0 Å². The van der Waals surface area contributed by atoms with Gasteiger partial charge in [0.15, 0.2) is 0 Å². The normalized spacial score (nSPS) is 16.8. The Morgan fingerprint density at radius 2 is 2.10 bits per heavy atom. The van der Waals surface area contributed by atoms with E-state index in [9.17, 15) is 15.2 Å². The lowest BCUT2D eigenvalue weighted by molar-refractivity contribution is -0.385. The summed E-state index contributed by atoms with van der Waals surface area (Å²) in [5.41, 5.74) is 1.58. The fourth-order valence-corrected chi connectivity index (χ4v) is 1.87. The van der Waals surface area contributed by atoms with Crippen molar-refractivity contribution in [2.24, 2.45) is 0 Å². The minimum Gasteiger partial charge on any atom is -0.393 e. The van der Waals surface area contributed by atoms with Gasteiger partial charge >= 0.3 is 0 Å². The largest absolute Gasteiger partial charge is 0.393 e. The molecular formula is C14H20N2O4. The Morgan fingerprint density at radius 3 is 2.60 bits per heavy atom. The summed E-state index contributed by atoms with van der Waals surface area (Å²) >= 11 is 0. The van der Waals surface area contributed by atoms with Crippen molar-refractivity contribution in [3.8, 4) is 0 Å². The number of hydrogen-bond donors (Lipinski definition) is 1. The predicted molar refractivity (Wildman–Crippen MR) is 77.2 cm³/mol. The van der Waals surface area contributed by atoms with Crippen LogP contribution in [0.2, 0.25) is 0 Å². The Kier molecular flexibility index (Phi) is 8.78. The van der Waals surface area contributed by atoms with Crippen LogP contribution < -0.4 is 0 Å². The molecule has 1 heterocycles. The van der Waals surface area contributed by atoms with Crippen LogP contribution >= 0.6 is 0 Å². The van der Waals surface area contributed by atoms with E-state index in [0.29, 0.717) is 24.8 Å². The molecule has 1 aliphatic rings. The van der Waals surface area contributed by atoms with E-state index in [1.165, 1.54) is 6.20 Å². The number of nitrogens with zero attached hydrogens (tertiary/aromatic N) is 2. The van der Waals surface area contributed by atoms with Crippen LogP contribution in [0.3, 0.4) is 0 Å². The van der Waals surface area contributed by atoms with Crippen LogP contribution in [0.1, 0.15) is 38.7 Å². The number of allylic oxidation sites excluding steroid dienone is 1. The molecule has 1 aromatic heterocycles. The molecule has 0 bridgehead atoms. The van der Waals surface area contributed by atoms with Crippen LogP contribution in [0, 0.1) is 10.1 Å². The van der Waals surface area contributed by atoms with Crippen LogP contribution in [0.15, 0.2) is 24.5 Å². The van der Waals surface area contributed by atoms with Crippen molar-refractivity contribution in [3.63, 3.8) is 0 Å². The summed E-state index contributed by atoms with van der Waals surface area (Å²) in [5.74, 6) is 0. The summed E-state index contributed by atoms with van der Waals surface area (Å²) in [6, 6.07) is 1.65. The van der Waals surface area contributed by atoms with Crippen LogP contribution in [0.5, 0.6) is 0 Å². The molecule has 0 saturated heterocycles. The molecule has 1 aromatic rings. The number of nitro groups is 1. The number of hydrogen-bond acceptors (Lipinski definition) is 5. The van der Waals surface area contributed by atoms with Crippen molar-refractivity contribution in [2.75, 3.05) is 0 Å². The number of aliphatic hydroxyl groups excluding tert-OH is 1. The number of pyridine rings is 1. The molecule has 6 heteroatoms. The van der Waals surface area contributed by atoms with Gasteiger partial charge in [0, 0.05) is 6.20 Å². The highest BCUT2D eigenvalue weighted by Gasteiger charge is 2.20. The topological polar surface area (TPSA) is 93.3 Å². The summed E-state index contributed by atoms with van der Waals surface area (Å²) in [6.45, 7) is 6.00. The monoisotopic (exact) mass is 280 g/mol. The predicted octanol–water partition coefficient (Wildman–Crippen LogP) is 2.76. The van der Waals surface area contributed by atoms with E-state index in [1.807, 2.05) is 26.7 Å². The number of carbonyl (C=O) groups is 1. The van der Waals surface area contributed by atoms with Gasteiger partial charge in [-0.05, 0) is 30.9 Å². The van der Waals surface area contributed by atoms with Gasteiger partial charge in [0.2, 0.25) is 0 Å². The van der Waals surface area contributed by atoms with Crippen molar-refractivity contribution >= 4 is 18.0 Å². The Balaban J connectivity index is 0.000000829. The van der Waals surface area contributed by atoms with Crippen LogP contribution in [-0.2, 0) is 4.79 Å². The first-order valence-corrected chi connectivity index (χ1v) is 6.43. The molecule has 0 amide bonds. The maximum absolute atomic E-state index is 10.8. The third kappa shape index (κ3) is 4.89. The Hall–Kier alpha value is -2.08. The number of carbonyl (C=O) groups excluding carboxylic acids is 1. The Labute approximate surface area is 118 Å². The van der Waals surface area contributed by atoms with Crippen molar-refractivity contribution < 1.29 is 14.8 Å². The Morgan fingerprint density at radius 1 is 1.45 bits per heavy atom. The van der Waals surface area contributed by atoms with E-state index in [2.05, 4.69) is 4.98 Å². The minimum atomic E-state index is -0.422. The van der Waals surface area contributed by atoms with Gasteiger partial charge in [-0.15, -0.1) is 0 Å². The van der Waals surface area contributed by atoms with Crippen molar-refractivity contribution in [2.45, 2.75) is 39.2 Å². The summed E-state index contributed by atoms with van der Waals surface area (Å²) in [4.78, 5) is 22.2. The van der Waals surface area contributed by atoms with Gasteiger partial charge < -0.3 is 9.90 Å². The zero-order valence-corrected chi connectivity index (χ0v) is 11.8. The van der Waals surface area contributed by atoms with Crippen LogP contribution in [0.25, 0.3) is 5.57 Å². The molecule has 2 rings (SSSR count).